The molecule has 3 rings (SSSR count). The molecule has 0 bridgehead atoms. The number of aliphatic imine (C=N–C) groups is 1. The lowest BCUT2D eigenvalue weighted by atomic mass is 10.0. The third-order valence-electron chi connectivity index (χ3n) is 5.31. The fraction of sp³-hybridized carbons (Fsp3) is 0.941. The zero-order valence-electron chi connectivity index (χ0n) is 14.5. The van der Waals surface area contributed by atoms with Crippen LogP contribution in [0.2, 0.25) is 0 Å². The summed E-state index contributed by atoms with van der Waals surface area (Å²) in [6.45, 7) is 8.62. The monoisotopic (exact) mass is 340 g/mol. The van der Waals surface area contributed by atoms with Crippen molar-refractivity contribution in [1.82, 2.24) is 15.1 Å². The number of nitrogens with one attached hydrogen (secondary N) is 1. The second-order valence-electron chi connectivity index (χ2n) is 7.00. The Labute approximate surface area is 145 Å². The minimum atomic E-state index is 0.776. The standard InChI is InChI=1S/C17H32N4OS/c1-18-17(19-12-15-3-10-23-11-4-15)21-5-2-16(14-21)13-20-6-8-22-9-7-20/h15-16H,2-14H2,1H3,(H,18,19). The molecule has 0 aromatic heterocycles. The lowest BCUT2D eigenvalue weighted by Gasteiger charge is -2.29. The number of hydrogen-bond acceptors (Lipinski definition) is 4. The number of guanidine groups is 1. The van der Waals surface area contributed by atoms with Gasteiger partial charge in [0.05, 0.1) is 13.2 Å². The van der Waals surface area contributed by atoms with Crippen molar-refractivity contribution in [3.05, 3.63) is 0 Å². The van der Waals surface area contributed by atoms with Crippen molar-refractivity contribution in [2.24, 2.45) is 16.8 Å². The Morgan fingerprint density at radius 1 is 1.13 bits per heavy atom. The van der Waals surface area contributed by atoms with E-state index in [1.54, 1.807) is 0 Å². The SMILES string of the molecule is CN=C(NCC1CCSCC1)N1CCC(CN2CCOCC2)C1. The number of rotatable bonds is 4. The molecule has 0 aromatic rings. The van der Waals surface area contributed by atoms with Crippen molar-refractivity contribution in [3.63, 3.8) is 0 Å². The van der Waals surface area contributed by atoms with Gasteiger partial charge in [-0.2, -0.15) is 11.8 Å². The third-order valence-corrected chi connectivity index (χ3v) is 6.36. The molecule has 0 aliphatic carbocycles. The van der Waals surface area contributed by atoms with Crippen LogP contribution in [0.1, 0.15) is 19.3 Å². The fourth-order valence-corrected chi connectivity index (χ4v) is 5.05. The van der Waals surface area contributed by atoms with Gasteiger partial charge in [-0.1, -0.05) is 0 Å². The summed E-state index contributed by atoms with van der Waals surface area (Å²) in [6.07, 6.45) is 4.00. The second kappa shape index (κ2) is 9.14. The first-order valence-corrected chi connectivity index (χ1v) is 10.3. The average Bonchev–Trinajstić information content (AvgIpc) is 3.06. The lowest BCUT2D eigenvalue weighted by Crippen LogP contribution is -2.43. The molecule has 0 aromatic carbocycles. The molecular weight excluding hydrogens is 308 g/mol. The maximum atomic E-state index is 5.45. The number of morpholine rings is 1. The van der Waals surface area contributed by atoms with Gasteiger partial charge in [-0.3, -0.25) is 9.89 Å². The first kappa shape index (κ1) is 17.4. The summed E-state index contributed by atoms with van der Waals surface area (Å²) < 4.78 is 5.45. The number of likely N-dealkylation sites (tertiary alicyclic amines) is 1. The lowest BCUT2D eigenvalue weighted by molar-refractivity contribution is 0.0315. The molecule has 3 aliphatic heterocycles. The minimum Gasteiger partial charge on any atom is -0.379 e. The van der Waals surface area contributed by atoms with Crippen LogP contribution in [0.5, 0.6) is 0 Å². The van der Waals surface area contributed by atoms with Crippen molar-refractivity contribution in [2.45, 2.75) is 19.3 Å². The van der Waals surface area contributed by atoms with E-state index in [1.807, 2.05) is 7.05 Å². The van der Waals surface area contributed by atoms with Gasteiger partial charge in [0, 0.05) is 46.3 Å². The first-order valence-electron chi connectivity index (χ1n) is 9.18. The Morgan fingerprint density at radius 2 is 1.91 bits per heavy atom. The zero-order valence-corrected chi connectivity index (χ0v) is 15.3. The summed E-state index contributed by atoms with van der Waals surface area (Å²) in [5.74, 6) is 5.39. The first-order chi connectivity index (χ1) is 11.3. The van der Waals surface area contributed by atoms with Gasteiger partial charge in [-0.25, -0.2) is 0 Å². The molecule has 0 spiro atoms. The number of ether oxygens (including phenoxy) is 1. The summed E-state index contributed by atoms with van der Waals surface area (Å²) in [5.41, 5.74) is 0. The summed E-state index contributed by atoms with van der Waals surface area (Å²) in [5, 5.41) is 3.64. The van der Waals surface area contributed by atoms with Crippen LogP contribution in [0.4, 0.5) is 0 Å². The molecule has 3 aliphatic rings. The Morgan fingerprint density at radius 3 is 2.65 bits per heavy atom. The molecule has 3 heterocycles. The molecule has 3 saturated heterocycles. The molecule has 5 nitrogen and oxygen atoms in total. The van der Waals surface area contributed by atoms with Gasteiger partial charge in [0.15, 0.2) is 5.96 Å². The average molecular weight is 341 g/mol. The van der Waals surface area contributed by atoms with Crippen molar-refractivity contribution < 1.29 is 4.74 Å². The van der Waals surface area contributed by atoms with Gasteiger partial charge in [0.1, 0.15) is 0 Å². The summed E-state index contributed by atoms with van der Waals surface area (Å²) in [6, 6.07) is 0. The fourth-order valence-electron chi connectivity index (χ4n) is 3.84. The summed E-state index contributed by atoms with van der Waals surface area (Å²) >= 11 is 2.10. The highest BCUT2D eigenvalue weighted by Crippen LogP contribution is 2.22. The van der Waals surface area contributed by atoms with Gasteiger partial charge < -0.3 is 15.0 Å². The predicted octanol–water partition coefficient (Wildman–Crippen LogP) is 1.36. The molecule has 23 heavy (non-hydrogen) atoms. The number of nitrogens with zero attached hydrogens (tertiary/aromatic N) is 3. The summed E-state index contributed by atoms with van der Waals surface area (Å²) in [7, 11) is 1.92. The highest BCUT2D eigenvalue weighted by Gasteiger charge is 2.27. The topological polar surface area (TPSA) is 40.1 Å². The maximum absolute atomic E-state index is 5.45. The largest absolute Gasteiger partial charge is 0.379 e. The molecule has 3 fully saturated rings. The zero-order chi connectivity index (χ0) is 15.9. The predicted molar refractivity (Wildman–Crippen MR) is 98.3 cm³/mol. The van der Waals surface area contributed by atoms with E-state index in [4.69, 9.17) is 4.74 Å². The Balaban J connectivity index is 1.40. The van der Waals surface area contributed by atoms with Crippen LogP contribution >= 0.6 is 11.8 Å². The van der Waals surface area contributed by atoms with E-state index in [9.17, 15) is 0 Å². The van der Waals surface area contributed by atoms with Crippen molar-refractivity contribution in [3.8, 4) is 0 Å². The molecule has 0 amide bonds. The molecular formula is C17H32N4OS. The molecule has 1 atom stereocenters. The molecule has 0 radical (unpaired) electrons. The minimum absolute atomic E-state index is 0.776. The molecule has 6 heteroatoms. The maximum Gasteiger partial charge on any atom is 0.193 e. The Kier molecular flexibility index (Phi) is 6.90. The Hall–Kier alpha value is -0.460. The normalized spacial score (nSPS) is 28.3. The smallest absolute Gasteiger partial charge is 0.193 e. The van der Waals surface area contributed by atoms with Crippen LogP contribution in [0.15, 0.2) is 4.99 Å². The van der Waals surface area contributed by atoms with Crippen LogP contribution in [0.25, 0.3) is 0 Å². The van der Waals surface area contributed by atoms with Gasteiger partial charge >= 0.3 is 0 Å². The molecule has 1 N–H and O–H groups in total. The van der Waals surface area contributed by atoms with Gasteiger partial charge in [-0.15, -0.1) is 0 Å². The van der Waals surface area contributed by atoms with E-state index < -0.39 is 0 Å². The molecule has 1 unspecified atom stereocenters. The summed E-state index contributed by atoms with van der Waals surface area (Å²) in [4.78, 5) is 9.55. The third kappa shape index (κ3) is 5.26. The van der Waals surface area contributed by atoms with E-state index in [0.29, 0.717) is 0 Å². The highest BCUT2D eigenvalue weighted by atomic mass is 32.2. The van der Waals surface area contributed by atoms with Gasteiger partial charge in [0.2, 0.25) is 0 Å². The number of thioether (sulfide) groups is 1. The van der Waals surface area contributed by atoms with E-state index >= 15 is 0 Å². The van der Waals surface area contributed by atoms with E-state index in [1.165, 1.54) is 37.3 Å². The second-order valence-corrected chi connectivity index (χ2v) is 8.22. The van der Waals surface area contributed by atoms with Crippen LogP contribution in [-0.4, -0.2) is 86.8 Å². The van der Waals surface area contributed by atoms with Crippen molar-refractivity contribution in [1.29, 1.82) is 0 Å². The van der Waals surface area contributed by atoms with Crippen LogP contribution in [0.3, 0.4) is 0 Å². The van der Waals surface area contributed by atoms with Crippen molar-refractivity contribution in [2.75, 3.05) is 71.0 Å². The molecule has 0 saturated carbocycles. The van der Waals surface area contributed by atoms with Gasteiger partial charge in [-0.05, 0) is 42.6 Å². The van der Waals surface area contributed by atoms with E-state index in [-0.39, 0.29) is 0 Å². The van der Waals surface area contributed by atoms with Crippen LogP contribution in [0, 0.1) is 11.8 Å². The van der Waals surface area contributed by atoms with E-state index in [2.05, 4.69) is 31.9 Å². The number of hydrogen-bond donors (Lipinski definition) is 1. The highest BCUT2D eigenvalue weighted by molar-refractivity contribution is 7.99. The van der Waals surface area contributed by atoms with Crippen molar-refractivity contribution >= 4 is 17.7 Å². The van der Waals surface area contributed by atoms with E-state index in [0.717, 1.165) is 63.7 Å². The Bertz CT molecular complexity index is 381. The van der Waals surface area contributed by atoms with Gasteiger partial charge in [0.25, 0.3) is 0 Å². The quantitative estimate of drug-likeness (QED) is 0.618. The molecule has 132 valence electrons. The van der Waals surface area contributed by atoms with Crippen LogP contribution < -0.4 is 5.32 Å². The van der Waals surface area contributed by atoms with Crippen LogP contribution in [-0.2, 0) is 4.74 Å².